The number of carbonyl (C=O) groups excluding carboxylic acids is 1. The number of amides is 1. The van der Waals surface area contributed by atoms with E-state index in [1.165, 1.54) is 29.2 Å². The highest BCUT2D eigenvalue weighted by molar-refractivity contribution is 6.31. The molecular formula is C19H14ClFN6O2. The van der Waals surface area contributed by atoms with Crippen LogP contribution in [0.4, 0.5) is 10.1 Å². The summed E-state index contributed by atoms with van der Waals surface area (Å²) in [6, 6.07) is 11.1. The van der Waals surface area contributed by atoms with E-state index in [4.69, 9.17) is 11.6 Å². The first kappa shape index (κ1) is 18.8. The highest BCUT2D eigenvalue weighted by Crippen LogP contribution is 2.20. The van der Waals surface area contributed by atoms with Gasteiger partial charge in [0.25, 0.3) is 5.56 Å². The van der Waals surface area contributed by atoms with Crippen LogP contribution in [-0.4, -0.2) is 30.5 Å². The van der Waals surface area contributed by atoms with E-state index < -0.39 is 17.3 Å². The van der Waals surface area contributed by atoms with E-state index in [9.17, 15) is 14.0 Å². The molecule has 146 valence electrons. The van der Waals surface area contributed by atoms with Crippen LogP contribution in [0.2, 0.25) is 5.02 Å². The molecule has 2 aromatic carbocycles. The molecule has 1 N–H and O–H groups in total. The molecule has 0 aliphatic carbocycles. The lowest BCUT2D eigenvalue weighted by Crippen LogP contribution is -2.28. The number of aromatic nitrogens is 5. The smallest absolute Gasteiger partial charge is 0.284 e. The van der Waals surface area contributed by atoms with Crippen molar-refractivity contribution < 1.29 is 9.18 Å². The molecule has 4 aromatic rings. The normalized spacial score (nSPS) is 11.0. The second kappa shape index (κ2) is 7.44. The lowest BCUT2D eigenvalue weighted by atomic mass is 10.2. The van der Waals surface area contributed by atoms with Crippen molar-refractivity contribution >= 4 is 34.4 Å². The monoisotopic (exact) mass is 412 g/mol. The van der Waals surface area contributed by atoms with Crippen molar-refractivity contribution in [3.63, 3.8) is 0 Å². The van der Waals surface area contributed by atoms with Gasteiger partial charge in [0.1, 0.15) is 18.7 Å². The fourth-order valence-electron chi connectivity index (χ4n) is 2.75. The maximum absolute atomic E-state index is 13.7. The molecule has 2 aromatic heterocycles. The number of anilines is 1. The van der Waals surface area contributed by atoms with Crippen molar-refractivity contribution in [1.82, 2.24) is 24.5 Å². The summed E-state index contributed by atoms with van der Waals surface area (Å²) >= 11 is 6.15. The SMILES string of the molecule is Cc1ccc(-n2nnc3c(=O)n(CC(=O)Nc4ccccc4F)cnc32)cc1Cl. The van der Waals surface area contributed by atoms with Gasteiger partial charge in [-0.2, -0.15) is 4.68 Å². The number of hydrogen-bond donors (Lipinski definition) is 1. The summed E-state index contributed by atoms with van der Waals surface area (Å²) in [6.07, 6.45) is 1.22. The van der Waals surface area contributed by atoms with Crippen LogP contribution in [0, 0.1) is 12.7 Å². The molecular weight excluding hydrogens is 399 g/mol. The first-order valence-corrected chi connectivity index (χ1v) is 8.93. The Bertz CT molecular complexity index is 1300. The Hall–Kier alpha value is -3.59. The second-order valence-electron chi connectivity index (χ2n) is 6.31. The van der Waals surface area contributed by atoms with Gasteiger partial charge in [-0.25, -0.2) is 9.37 Å². The van der Waals surface area contributed by atoms with Crippen LogP contribution < -0.4 is 10.9 Å². The number of carbonyl (C=O) groups is 1. The molecule has 1 amide bonds. The minimum Gasteiger partial charge on any atom is -0.322 e. The number of benzene rings is 2. The van der Waals surface area contributed by atoms with Gasteiger partial charge in [-0.15, -0.1) is 5.10 Å². The Morgan fingerprint density at radius 3 is 2.79 bits per heavy atom. The Labute approximate surface area is 168 Å². The van der Waals surface area contributed by atoms with Crippen LogP contribution in [0.3, 0.4) is 0 Å². The zero-order valence-corrected chi connectivity index (χ0v) is 15.9. The molecule has 2 heterocycles. The van der Waals surface area contributed by atoms with E-state index in [0.29, 0.717) is 10.7 Å². The van der Waals surface area contributed by atoms with E-state index in [1.54, 1.807) is 18.2 Å². The maximum Gasteiger partial charge on any atom is 0.284 e. The number of hydrogen-bond acceptors (Lipinski definition) is 5. The van der Waals surface area contributed by atoms with Gasteiger partial charge in [0.05, 0.1) is 11.4 Å². The van der Waals surface area contributed by atoms with E-state index in [-0.39, 0.29) is 23.4 Å². The molecule has 0 fully saturated rings. The third-order valence-electron chi connectivity index (χ3n) is 4.29. The number of para-hydroxylation sites is 1. The highest BCUT2D eigenvalue weighted by Gasteiger charge is 2.16. The summed E-state index contributed by atoms with van der Waals surface area (Å²) in [7, 11) is 0. The predicted molar refractivity (Wildman–Crippen MR) is 106 cm³/mol. The standard InChI is InChI=1S/C19H14ClFN6O2/c1-11-6-7-12(8-13(11)20)27-18-17(24-25-27)19(29)26(10-22-18)9-16(28)23-15-5-3-2-4-14(15)21/h2-8,10H,9H2,1H3,(H,23,28). The molecule has 0 aliphatic rings. The summed E-state index contributed by atoms with van der Waals surface area (Å²) in [4.78, 5) is 29.1. The van der Waals surface area contributed by atoms with Crippen molar-refractivity contribution in [3.8, 4) is 5.69 Å². The number of nitrogens with zero attached hydrogens (tertiary/aromatic N) is 5. The Balaban J connectivity index is 1.63. The van der Waals surface area contributed by atoms with Gasteiger partial charge in [-0.05, 0) is 36.8 Å². The Morgan fingerprint density at radius 2 is 2.03 bits per heavy atom. The topological polar surface area (TPSA) is 94.7 Å². The summed E-state index contributed by atoms with van der Waals surface area (Å²) in [5.41, 5.74) is 1.23. The van der Waals surface area contributed by atoms with Crippen LogP contribution >= 0.6 is 11.6 Å². The van der Waals surface area contributed by atoms with E-state index in [0.717, 1.165) is 10.1 Å². The first-order chi connectivity index (χ1) is 13.9. The fraction of sp³-hybridized carbons (Fsp3) is 0.105. The van der Waals surface area contributed by atoms with E-state index in [2.05, 4.69) is 20.6 Å². The first-order valence-electron chi connectivity index (χ1n) is 8.56. The molecule has 29 heavy (non-hydrogen) atoms. The summed E-state index contributed by atoms with van der Waals surface area (Å²) in [5.74, 6) is -1.14. The minimum atomic E-state index is -0.573. The highest BCUT2D eigenvalue weighted by atomic mass is 35.5. The van der Waals surface area contributed by atoms with Crippen molar-refractivity contribution in [2.45, 2.75) is 13.5 Å². The molecule has 10 heteroatoms. The van der Waals surface area contributed by atoms with Gasteiger partial charge >= 0.3 is 0 Å². The van der Waals surface area contributed by atoms with Crippen LogP contribution in [0.15, 0.2) is 53.6 Å². The third-order valence-corrected chi connectivity index (χ3v) is 4.70. The maximum atomic E-state index is 13.7. The Kier molecular flexibility index (Phi) is 4.81. The number of nitrogens with one attached hydrogen (secondary N) is 1. The van der Waals surface area contributed by atoms with E-state index in [1.807, 2.05) is 13.0 Å². The van der Waals surface area contributed by atoms with Crippen LogP contribution in [-0.2, 0) is 11.3 Å². The molecule has 0 unspecified atom stereocenters. The van der Waals surface area contributed by atoms with Crippen molar-refractivity contribution in [3.05, 3.63) is 75.5 Å². The largest absolute Gasteiger partial charge is 0.322 e. The van der Waals surface area contributed by atoms with Crippen molar-refractivity contribution in [2.24, 2.45) is 0 Å². The van der Waals surface area contributed by atoms with Crippen molar-refractivity contribution in [1.29, 1.82) is 0 Å². The van der Waals surface area contributed by atoms with Crippen LogP contribution in [0.1, 0.15) is 5.56 Å². The van der Waals surface area contributed by atoms with Gasteiger partial charge in [0, 0.05) is 5.02 Å². The average Bonchev–Trinajstić information content (AvgIpc) is 3.13. The molecule has 0 bridgehead atoms. The third kappa shape index (κ3) is 3.59. The van der Waals surface area contributed by atoms with Gasteiger partial charge in [-0.1, -0.05) is 35.0 Å². The van der Waals surface area contributed by atoms with Crippen LogP contribution in [0.5, 0.6) is 0 Å². The summed E-state index contributed by atoms with van der Waals surface area (Å²) in [6.45, 7) is 1.52. The molecule has 0 radical (unpaired) electrons. The molecule has 4 rings (SSSR count). The lowest BCUT2D eigenvalue weighted by molar-refractivity contribution is -0.116. The zero-order valence-electron chi connectivity index (χ0n) is 15.1. The molecule has 0 spiro atoms. The van der Waals surface area contributed by atoms with Gasteiger partial charge in [0.2, 0.25) is 5.91 Å². The van der Waals surface area contributed by atoms with E-state index >= 15 is 0 Å². The van der Waals surface area contributed by atoms with Crippen molar-refractivity contribution in [2.75, 3.05) is 5.32 Å². The molecule has 0 aliphatic heterocycles. The minimum absolute atomic E-state index is 0.00268. The number of fused-ring (bicyclic) bond motifs is 1. The number of aryl methyl sites for hydroxylation is 1. The van der Waals surface area contributed by atoms with Gasteiger partial charge in [-0.3, -0.25) is 14.2 Å². The molecule has 0 saturated carbocycles. The lowest BCUT2D eigenvalue weighted by Gasteiger charge is -2.08. The van der Waals surface area contributed by atoms with Crippen LogP contribution in [0.25, 0.3) is 16.9 Å². The fourth-order valence-corrected chi connectivity index (χ4v) is 2.93. The molecule has 0 atom stereocenters. The number of halogens is 2. The van der Waals surface area contributed by atoms with Gasteiger partial charge < -0.3 is 5.32 Å². The summed E-state index contributed by atoms with van der Waals surface area (Å²) < 4.78 is 16.1. The predicted octanol–water partition coefficient (Wildman–Crippen LogP) is 2.72. The molecule has 8 nitrogen and oxygen atoms in total. The second-order valence-corrected chi connectivity index (χ2v) is 6.72. The quantitative estimate of drug-likeness (QED) is 0.556. The zero-order chi connectivity index (χ0) is 20.5. The van der Waals surface area contributed by atoms with Gasteiger partial charge in [0.15, 0.2) is 11.2 Å². The summed E-state index contributed by atoms with van der Waals surface area (Å²) in [5, 5.41) is 10.8. The number of rotatable bonds is 4. The Morgan fingerprint density at radius 1 is 1.24 bits per heavy atom. The molecule has 0 saturated heterocycles. The average molecular weight is 413 g/mol.